The third-order valence-electron chi connectivity index (χ3n) is 2.77. The first-order chi connectivity index (χ1) is 6.86. The van der Waals surface area contributed by atoms with Gasteiger partial charge < -0.3 is 20.8 Å². The van der Waals surface area contributed by atoms with Gasteiger partial charge in [0.25, 0.3) is 0 Å². The zero-order chi connectivity index (χ0) is 11.4. The molecule has 2 fully saturated rings. The monoisotopic (exact) mass is 232 g/mol. The van der Waals surface area contributed by atoms with Gasteiger partial charge in [0.15, 0.2) is 6.04 Å². The summed E-state index contributed by atoms with van der Waals surface area (Å²) >= 11 is 1.32. The fraction of sp³-hybridized carbons (Fsp3) is 0.750. The minimum absolute atomic E-state index is 0.270. The van der Waals surface area contributed by atoms with Crippen LogP contribution in [-0.2, 0) is 9.59 Å². The Hall–Kier alpha value is -0.790. The molecule has 7 heteroatoms. The van der Waals surface area contributed by atoms with Gasteiger partial charge >= 0.3 is 5.97 Å². The second-order valence-corrected chi connectivity index (χ2v) is 5.18. The number of hydrogen-bond acceptors (Lipinski definition) is 5. The van der Waals surface area contributed by atoms with Crippen molar-refractivity contribution in [1.29, 1.82) is 0 Å². The van der Waals surface area contributed by atoms with Gasteiger partial charge in [-0.15, -0.1) is 11.8 Å². The Bertz CT molecular complexity index is 333. The lowest BCUT2D eigenvalue weighted by Crippen LogP contribution is -2.77. The highest BCUT2D eigenvalue weighted by molar-refractivity contribution is 8.00. The predicted molar refractivity (Wildman–Crippen MR) is 53.1 cm³/mol. The van der Waals surface area contributed by atoms with Gasteiger partial charge in [-0.3, -0.25) is 4.79 Å². The summed E-state index contributed by atoms with van der Waals surface area (Å²) in [6.45, 7) is 1.42. The molecule has 2 aliphatic rings. The molecule has 0 aromatic rings. The molecule has 2 saturated heterocycles. The van der Waals surface area contributed by atoms with Gasteiger partial charge in [-0.2, -0.15) is 0 Å². The third-order valence-corrected chi connectivity index (χ3v) is 4.38. The van der Waals surface area contributed by atoms with Crippen molar-refractivity contribution < 1.29 is 19.8 Å². The molecule has 15 heavy (non-hydrogen) atoms. The predicted octanol–water partition coefficient (Wildman–Crippen LogP) is -1.57. The first kappa shape index (κ1) is 10.7. The number of nitrogens with zero attached hydrogens (tertiary/aromatic N) is 1. The van der Waals surface area contributed by atoms with Gasteiger partial charge in [-0.1, -0.05) is 0 Å². The average Bonchev–Trinajstić information content (AvgIpc) is 2.14. The quantitative estimate of drug-likeness (QED) is 0.472. The van der Waals surface area contributed by atoms with Crippen LogP contribution in [0.2, 0.25) is 0 Å². The number of carboxylic acids is 1. The van der Waals surface area contributed by atoms with E-state index >= 15 is 0 Å². The van der Waals surface area contributed by atoms with E-state index in [0.717, 1.165) is 0 Å². The number of carbonyl (C=O) groups excluding carboxylic acids is 1. The van der Waals surface area contributed by atoms with Crippen LogP contribution in [0.15, 0.2) is 0 Å². The molecular formula is C8H12N2O4S. The van der Waals surface area contributed by atoms with Crippen LogP contribution in [0, 0.1) is 0 Å². The number of carbonyl (C=O) groups is 2. The van der Waals surface area contributed by atoms with Crippen LogP contribution in [0.1, 0.15) is 6.92 Å². The van der Waals surface area contributed by atoms with Crippen molar-refractivity contribution in [2.24, 2.45) is 5.73 Å². The van der Waals surface area contributed by atoms with E-state index in [0.29, 0.717) is 0 Å². The molecule has 1 amide bonds. The lowest BCUT2D eigenvalue weighted by Gasteiger charge is -2.55. The molecule has 0 aliphatic carbocycles. The lowest BCUT2D eigenvalue weighted by atomic mass is 9.92. The molecule has 0 aromatic heterocycles. The van der Waals surface area contributed by atoms with Gasteiger partial charge in [-0.25, -0.2) is 4.79 Å². The highest BCUT2D eigenvalue weighted by Gasteiger charge is 2.59. The summed E-state index contributed by atoms with van der Waals surface area (Å²) in [5.41, 5.74) is 4.14. The first-order valence-electron chi connectivity index (χ1n) is 4.51. The van der Waals surface area contributed by atoms with E-state index in [4.69, 9.17) is 10.8 Å². The molecule has 3 unspecified atom stereocenters. The van der Waals surface area contributed by atoms with Crippen molar-refractivity contribution in [3.8, 4) is 0 Å². The highest BCUT2D eigenvalue weighted by Crippen LogP contribution is 2.41. The molecule has 0 spiro atoms. The number of aliphatic carboxylic acids is 1. The van der Waals surface area contributed by atoms with Crippen molar-refractivity contribution in [1.82, 2.24) is 4.90 Å². The van der Waals surface area contributed by atoms with Crippen LogP contribution < -0.4 is 5.73 Å². The minimum Gasteiger partial charge on any atom is -0.480 e. The molecule has 0 saturated carbocycles. The average molecular weight is 232 g/mol. The van der Waals surface area contributed by atoms with E-state index in [-0.39, 0.29) is 11.1 Å². The molecule has 0 radical (unpaired) electrons. The van der Waals surface area contributed by atoms with E-state index in [1.807, 2.05) is 0 Å². The second kappa shape index (κ2) is 3.10. The molecular weight excluding hydrogens is 220 g/mol. The van der Waals surface area contributed by atoms with Crippen LogP contribution in [0.4, 0.5) is 0 Å². The number of thioether (sulfide) groups is 1. The molecule has 2 aliphatic heterocycles. The number of amides is 1. The third kappa shape index (κ3) is 1.34. The number of aliphatic hydroxyl groups is 1. The molecule has 2 heterocycles. The van der Waals surface area contributed by atoms with Crippen LogP contribution in [-0.4, -0.2) is 55.8 Å². The van der Waals surface area contributed by atoms with Crippen molar-refractivity contribution in [2.45, 2.75) is 30.0 Å². The van der Waals surface area contributed by atoms with Gasteiger partial charge in [0, 0.05) is 5.75 Å². The summed E-state index contributed by atoms with van der Waals surface area (Å²) in [4.78, 5) is 23.6. The summed E-state index contributed by atoms with van der Waals surface area (Å²) in [6, 6.07) is -1.82. The Balaban J connectivity index is 2.30. The number of nitrogens with two attached hydrogens (primary N) is 1. The van der Waals surface area contributed by atoms with Gasteiger partial charge in [0.2, 0.25) is 5.91 Å². The summed E-state index contributed by atoms with van der Waals surface area (Å²) in [7, 11) is 0. The number of rotatable bonds is 1. The maximum atomic E-state index is 11.4. The maximum absolute atomic E-state index is 11.4. The zero-order valence-electron chi connectivity index (χ0n) is 8.08. The molecule has 4 N–H and O–H groups in total. The normalized spacial score (nSPS) is 44.6. The lowest BCUT2D eigenvalue weighted by molar-refractivity contribution is -0.172. The summed E-state index contributed by atoms with van der Waals surface area (Å²) in [6.07, 6.45) is 0. The fourth-order valence-corrected chi connectivity index (χ4v) is 3.36. The number of fused-ring (bicyclic) bond motifs is 1. The van der Waals surface area contributed by atoms with Crippen LogP contribution in [0.25, 0.3) is 0 Å². The Labute approximate surface area is 90.4 Å². The summed E-state index contributed by atoms with van der Waals surface area (Å²) in [5, 5.41) is 18.6. The Kier molecular flexibility index (Phi) is 2.21. The van der Waals surface area contributed by atoms with Crippen molar-refractivity contribution >= 4 is 23.6 Å². The van der Waals surface area contributed by atoms with Gasteiger partial charge in [0.05, 0.1) is 0 Å². The topological polar surface area (TPSA) is 104 Å². The molecule has 6 nitrogen and oxygen atoms in total. The summed E-state index contributed by atoms with van der Waals surface area (Å²) < 4.78 is 0. The number of carboxylic acid groups (broad SMARTS) is 1. The standard InChI is InChI=1S/C8H12N2O4S/c1-8(14)2-15-6-3(9)5(11)10(6)4(8)7(12)13/h3-4,6,14H,2,9H2,1H3,(H,12,13)/t3?,4?,6-,8?/m1/s1. The van der Waals surface area contributed by atoms with E-state index in [9.17, 15) is 14.7 Å². The van der Waals surface area contributed by atoms with E-state index < -0.39 is 29.6 Å². The molecule has 84 valence electrons. The molecule has 4 atom stereocenters. The van der Waals surface area contributed by atoms with E-state index in [2.05, 4.69) is 0 Å². The van der Waals surface area contributed by atoms with Crippen LogP contribution in [0.5, 0.6) is 0 Å². The van der Waals surface area contributed by atoms with E-state index in [1.165, 1.54) is 23.6 Å². The summed E-state index contributed by atoms with van der Waals surface area (Å²) in [5.74, 6) is -1.32. The number of β-lactam (4-membered cyclic amide) rings is 1. The molecule has 0 bridgehead atoms. The maximum Gasteiger partial charge on any atom is 0.329 e. The first-order valence-corrected chi connectivity index (χ1v) is 5.55. The zero-order valence-corrected chi connectivity index (χ0v) is 8.90. The van der Waals surface area contributed by atoms with Crippen LogP contribution >= 0.6 is 11.8 Å². The Morgan fingerprint density at radius 1 is 1.73 bits per heavy atom. The van der Waals surface area contributed by atoms with Crippen molar-refractivity contribution in [3.63, 3.8) is 0 Å². The largest absolute Gasteiger partial charge is 0.480 e. The van der Waals surface area contributed by atoms with Crippen molar-refractivity contribution in [3.05, 3.63) is 0 Å². The minimum atomic E-state index is -1.40. The molecule has 2 rings (SSSR count). The fourth-order valence-electron chi connectivity index (χ4n) is 1.99. The second-order valence-electron chi connectivity index (χ2n) is 4.07. The SMILES string of the molecule is CC1(O)CS[C@@H]2C(N)C(=O)N2C1C(=O)O. The molecule has 0 aromatic carbocycles. The van der Waals surface area contributed by atoms with Gasteiger partial charge in [0.1, 0.15) is 17.0 Å². The van der Waals surface area contributed by atoms with Crippen LogP contribution in [0.3, 0.4) is 0 Å². The smallest absolute Gasteiger partial charge is 0.329 e. The number of hydrogen-bond donors (Lipinski definition) is 3. The van der Waals surface area contributed by atoms with E-state index in [1.54, 1.807) is 0 Å². The Morgan fingerprint density at radius 3 is 2.87 bits per heavy atom. The van der Waals surface area contributed by atoms with Gasteiger partial charge in [-0.05, 0) is 6.92 Å². The van der Waals surface area contributed by atoms with Crippen molar-refractivity contribution in [2.75, 3.05) is 5.75 Å². The Morgan fingerprint density at radius 2 is 2.33 bits per heavy atom. The highest BCUT2D eigenvalue weighted by atomic mass is 32.2.